The van der Waals surface area contributed by atoms with Gasteiger partial charge in [-0.1, -0.05) is 80.6 Å². The molecule has 0 unspecified atom stereocenters. The zero-order valence-corrected chi connectivity index (χ0v) is 16.6. The second-order valence-electron chi connectivity index (χ2n) is 8.54. The van der Waals surface area contributed by atoms with Crippen molar-refractivity contribution in [2.45, 2.75) is 76.0 Å². The van der Waals surface area contributed by atoms with E-state index in [-0.39, 0.29) is 5.72 Å². The van der Waals surface area contributed by atoms with Crippen LogP contribution in [0.4, 0.5) is 0 Å². The van der Waals surface area contributed by atoms with Gasteiger partial charge in [0.2, 0.25) is 0 Å². The highest BCUT2D eigenvalue weighted by molar-refractivity contribution is 6.01. The predicted molar refractivity (Wildman–Crippen MR) is 114 cm³/mol. The van der Waals surface area contributed by atoms with Gasteiger partial charge in [-0.15, -0.1) is 0 Å². The fourth-order valence-corrected chi connectivity index (χ4v) is 5.18. The molecule has 0 bridgehead atoms. The highest BCUT2D eigenvalue weighted by Gasteiger charge is 2.49. The Labute approximate surface area is 168 Å². The van der Waals surface area contributed by atoms with Crippen LogP contribution in [-0.4, -0.2) is 16.4 Å². The summed E-state index contributed by atoms with van der Waals surface area (Å²) in [4.78, 5) is 0. The lowest BCUT2D eigenvalue weighted by Gasteiger charge is -2.48. The van der Waals surface area contributed by atoms with E-state index in [0.717, 1.165) is 25.0 Å². The van der Waals surface area contributed by atoms with Crippen molar-refractivity contribution in [1.82, 2.24) is 5.01 Å². The van der Waals surface area contributed by atoms with E-state index in [1.807, 2.05) is 0 Å². The zero-order valence-electron chi connectivity index (χ0n) is 16.6. The molecular formula is C25H30N2O. The number of benzene rings is 2. The molecule has 1 fully saturated rings. The molecule has 1 atom stereocenters. The lowest BCUT2D eigenvalue weighted by Crippen LogP contribution is -2.53. The van der Waals surface area contributed by atoms with Gasteiger partial charge in [0.1, 0.15) is 5.75 Å². The molecule has 0 amide bonds. The molecule has 5 rings (SSSR count). The second-order valence-corrected chi connectivity index (χ2v) is 8.54. The molecule has 146 valence electrons. The van der Waals surface area contributed by atoms with E-state index in [1.54, 1.807) is 0 Å². The third-order valence-electron chi connectivity index (χ3n) is 6.65. The van der Waals surface area contributed by atoms with Crippen LogP contribution >= 0.6 is 0 Å². The van der Waals surface area contributed by atoms with Gasteiger partial charge in [0.15, 0.2) is 5.72 Å². The Balaban J connectivity index is 1.55. The normalized spacial score (nSPS) is 24.1. The van der Waals surface area contributed by atoms with Gasteiger partial charge < -0.3 is 4.74 Å². The molecule has 3 heteroatoms. The number of nitrogens with zero attached hydrogens (tertiary/aromatic N) is 2. The zero-order chi connectivity index (χ0) is 18.8. The van der Waals surface area contributed by atoms with Crippen molar-refractivity contribution in [2.24, 2.45) is 5.10 Å². The average Bonchev–Trinajstić information content (AvgIpc) is 3.20. The molecule has 0 N–H and O–H groups in total. The van der Waals surface area contributed by atoms with Gasteiger partial charge in [-0.25, -0.2) is 5.01 Å². The van der Waals surface area contributed by atoms with Crippen molar-refractivity contribution in [3.05, 3.63) is 65.7 Å². The standard InChI is InChI=1S/C25H30N2O/c1-2-4-11-17-25(18-12-5-3-1)27-23(21-15-9-10-16-24(21)28-25)19-22(26-27)20-13-7-6-8-14-20/h6-10,13-16,23H,1-5,11-12,17-19H2/t23-/m0/s1. The molecule has 1 saturated carbocycles. The Morgan fingerprint density at radius 3 is 2.18 bits per heavy atom. The molecule has 1 spiro atoms. The van der Waals surface area contributed by atoms with Crippen LogP contribution in [0.5, 0.6) is 5.75 Å². The van der Waals surface area contributed by atoms with Crippen molar-refractivity contribution in [2.75, 3.05) is 0 Å². The number of rotatable bonds is 1. The minimum atomic E-state index is -0.285. The minimum Gasteiger partial charge on any atom is -0.466 e. The first-order valence-corrected chi connectivity index (χ1v) is 11.1. The molecule has 0 saturated heterocycles. The van der Waals surface area contributed by atoms with Crippen LogP contribution in [0.25, 0.3) is 0 Å². The van der Waals surface area contributed by atoms with Gasteiger partial charge in [0, 0.05) is 24.8 Å². The van der Waals surface area contributed by atoms with Crippen molar-refractivity contribution in [1.29, 1.82) is 0 Å². The second kappa shape index (κ2) is 7.62. The number of para-hydroxylation sites is 1. The van der Waals surface area contributed by atoms with E-state index >= 15 is 0 Å². The smallest absolute Gasteiger partial charge is 0.198 e. The number of ether oxygens (including phenoxy) is 1. The number of hydrogen-bond donors (Lipinski definition) is 0. The SMILES string of the molecule is c1ccc(C2=NN3[C@@H](C2)c2ccccc2OC32CCCCCCCCC2)cc1. The Kier molecular flexibility index (Phi) is 4.84. The Morgan fingerprint density at radius 2 is 1.43 bits per heavy atom. The summed E-state index contributed by atoms with van der Waals surface area (Å²) in [6.07, 6.45) is 12.3. The van der Waals surface area contributed by atoms with Crippen LogP contribution in [0.15, 0.2) is 59.7 Å². The first-order chi connectivity index (χ1) is 13.9. The molecule has 3 aliphatic rings. The van der Waals surface area contributed by atoms with Gasteiger partial charge in [-0.3, -0.25) is 0 Å². The van der Waals surface area contributed by atoms with Crippen LogP contribution in [0.3, 0.4) is 0 Å². The minimum absolute atomic E-state index is 0.285. The Hall–Kier alpha value is -2.29. The van der Waals surface area contributed by atoms with Gasteiger partial charge >= 0.3 is 0 Å². The summed E-state index contributed by atoms with van der Waals surface area (Å²) in [7, 11) is 0. The maximum Gasteiger partial charge on any atom is 0.198 e. The summed E-state index contributed by atoms with van der Waals surface area (Å²) in [5.41, 5.74) is 3.44. The summed E-state index contributed by atoms with van der Waals surface area (Å²) in [5, 5.41) is 7.57. The molecule has 1 aliphatic carbocycles. The number of hydrogen-bond acceptors (Lipinski definition) is 3. The lowest BCUT2D eigenvalue weighted by atomic mass is 9.89. The number of fused-ring (bicyclic) bond motifs is 4. The quantitative estimate of drug-likeness (QED) is 0.573. The van der Waals surface area contributed by atoms with Gasteiger partial charge in [-0.05, 0) is 24.5 Å². The van der Waals surface area contributed by atoms with Crippen molar-refractivity contribution < 1.29 is 4.74 Å². The van der Waals surface area contributed by atoms with Crippen molar-refractivity contribution in [3.63, 3.8) is 0 Å². The fraction of sp³-hybridized carbons (Fsp3) is 0.480. The fourth-order valence-electron chi connectivity index (χ4n) is 5.18. The molecule has 2 aliphatic heterocycles. The highest BCUT2D eigenvalue weighted by atomic mass is 16.5. The van der Waals surface area contributed by atoms with Crippen LogP contribution < -0.4 is 4.74 Å². The maximum absolute atomic E-state index is 6.81. The summed E-state index contributed by atoms with van der Waals surface area (Å²) in [6.45, 7) is 0. The first kappa shape index (κ1) is 17.8. The summed E-state index contributed by atoms with van der Waals surface area (Å²) >= 11 is 0. The van der Waals surface area contributed by atoms with Crippen LogP contribution in [-0.2, 0) is 0 Å². The third kappa shape index (κ3) is 3.21. The van der Waals surface area contributed by atoms with E-state index in [9.17, 15) is 0 Å². The van der Waals surface area contributed by atoms with E-state index in [0.29, 0.717) is 6.04 Å². The Morgan fingerprint density at radius 1 is 0.786 bits per heavy atom. The van der Waals surface area contributed by atoms with E-state index in [4.69, 9.17) is 9.84 Å². The highest BCUT2D eigenvalue weighted by Crippen LogP contribution is 2.50. The Bertz CT molecular complexity index is 835. The average molecular weight is 375 g/mol. The van der Waals surface area contributed by atoms with Gasteiger partial charge in [-0.2, -0.15) is 5.10 Å². The molecule has 2 heterocycles. The number of hydrazone groups is 1. The van der Waals surface area contributed by atoms with Crippen LogP contribution in [0.2, 0.25) is 0 Å². The third-order valence-corrected chi connectivity index (χ3v) is 6.65. The first-order valence-electron chi connectivity index (χ1n) is 11.1. The van der Waals surface area contributed by atoms with Crippen molar-refractivity contribution >= 4 is 5.71 Å². The molecule has 0 radical (unpaired) electrons. The summed E-state index contributed by atoms with van der Waals surface area (Å²) < 4.78 is 6.81. The largest absolute Gasteiger partial charge is 0.466 e. The molecule has 2 aromatic carbocycles. The van der Waals surface area contributed by atoms with E-state index < -0.39 is 0 Å². The van der Waals surface area contributed by atoms with Gasteiger partial charge in [0.25, 0.3) is 0 Å². The molecule has 3 nitrogen and oxygen atoms in total. The maximum atomic E-state index is 6.81. The van der Waals surface area contributed by atoms with E-state index in [2.05, 4.69) is 59.6 Å². The molecule has 2 aromatic rings. The summed E-state index contributed by atoms with van der Waals surface area (Å²) in [5.74, 6) is 1.07. The van der Waals surface area contributed by atoms with Crippen molar-refractivity contribution in [3.8, 4) is 5.75 Å². The molecular weight excluding hydrogens is 344 g/mol. The summed E-state index contributed by atoms with van der Waals surface area (Å²) in [6, 6.07) is 19.6. The van der Waals surface area contributed by atoms with Gasteiger partial charge in [0.05, 0.1) is 11.8 Å². The monoisotopic (exact) mass is 374 g/mol. The predicted octanol–water partition coefficient (Wildman–Crippen LogP) is 6.45. The van der Waals surface area contributed by atoms with Crippen LogP contribution in [0, 0.1) is 0 Å². The molecule has 28 heavy (non-hydrogen) atoms. The topological polar surface area (TPSA) is 24.8 Å². The molecule has 0 aromatic heterocycles. The van der Waals surface area contributed by atoms with Crippen LogP contribution in [0.1, 0.15) is 81.4 Å². The lowest BCUT2D eigenvalue weighted by molar-refractivity contribution is -0.132. The van der Waals surface area contributed by atoms with E-state index in [1.165, 1.54) is 61.8 Å².